The monoisotopic (exact) mass is 273 g/mol. The number of ketones is 1. The maximum Gasteiger partial charge on any atom is 0.334 e. The molecule has 0 aromatic heterocycles. The predicted molar refractivity (Wildman–Crippen MR) is 74.4 cm³/mol. The Hall–Kier alpha value is -1.68. The van der Waals surface area contributed by atoms with Crippen LogP contribution < -0.4 is 0 Å². The number of benzene rings is 1. The number of ether oxygens (including phenoxy) is 1. The molecule has 3 rings (SSSR count). The van der Waals surface area contributed by atoms with Crippen molar-refractivity contribution >= 4 is 11.8 Å². The summed E-state index contributed by atoms with van der Waals surface area (Å²) in [6.07, 6.45) is 1.77. The highest BCUT2D eigenvalue weighted by Gasteiger charge is 2.56. The van der Waals surface area contributed by atoms with E-state index in [0.29, 0.717) is 26.0 Å². The third kappa shape index (κ3) is 1.86. The zero-order valence-electron chi connectivity index (χ0n) is 11.7. The maximum absolute atomic E-state index is 12.5. The third-order valence-electron chi connectivity index (χ3n) is 4.44. The lowest BCUT2D eigenvalue weighted by atomic mass is 9.86. The minimum absolute atomic E-state index is 0.00709. The van der Waals surface area contributed by atoms with E-state index in [-0.39, 0.29) is 11.8 Å². The Kier molecular flexibility index (Phi) is 3.34. The van der Waals surface area contributed by atoms with Crippen LogP contribution in [0.15, 0.2) is 24.3 Å². The van der Waals surface area contributed by atoms with Crippen molar-refractivity contribution < 1.29 is 14.3 Å². The standard InChI is InChI=1S/C16H19NO3/c1-2-20-15(19)16-11-13-6-4-3-5-12(13)7-9-17(16)10-8-14(16)18/h3-6H,2,7-11H2,1H3. The van der Waals surface area contributed by atoms with E-state index in [9.17, 15) is 9.59 Å². The molecular weight excluding hydrogens is 254 g/mol. The summed E-state index contributed by atoms with van der Waals surface area (Å²) in [5, 5.41) is 0. The number of carbonyl (C=O) groups excluding carboxylic acids is 2. The summed E-state index contributed by atoms with van der Waals surface area (Å²) in [7, 11) is 0. The molecule has 4 nitrogen and oxygen atoms in total. The van der Waals surface area contributed by atoms with Crippen LogP contribution >= 0.6 is 0 Å². The van der Waals surface area contributed by atoms with Gasteiger partial charge in [0.15, 0.2) is 11.3 Å². The van der Waals surface area contributed by atoms with Crippen LogP contribution in [0, 0.1) is 0 Å². The average molecular weight is 273 g/mol. The molecule has 106 valence electrons. The first-order valence-electron chi connectivity index (χ1n) is 7.21. The van der Waals surface area contributed by atoms with Crippen molar-refractivity contribution in [2.45, 2.75) is 31.7 Å². The van der Waals surface area contributed by atoms with Crippen LogP contribution in [0.3, 0.4) is 0 Å². The van der Waals surface area contributed by atoms with Crippen LogP contribution in [0.1, 0.15) is 24.5 Å². The normalized spacial score (nSPS) is 25.8. The minimum Gasteiger partial charge on any atom is -0.464 e. The van der Waals surface area contributed by atoms with Gasteiger partial charge in [0.2, 0.25) is 0 Å². The Bertz CT molecular complexity index is 554. The SMILES string of the molecule is CCOC(=O)C12Cc3ccccc3CCN1CCC2=O. The summed E-state index contributed by atoms with van der Waals surface area (Å²) in [6.45, 7) is 3.49. The molecule has 1 unspecified atom stereocenters. The molecule has 0 amide bonds. The lowest BCUT2D eigenvalue weighted by molar-refractivity contribution is -0.159. The van der Waals surface area contributed by atoms with Crippen molar-refractivity contribution in [3.63, 3.8) is 0 Å². The summed E-state index contributed by atoms with van der Waals surface area (Å²) < 4.78 is 5.23. The van der Waals surface area contributed by atoms with Crippen LogP contribution in [0.2, 0.25) is 0 Å². The van der Waals surface area contributed by atoms with Gasteiger partial charge in [-0.05, 0) is 24.5 Å². The van der Waals surface area contributed by atoms with Crippen molar-refractivity contribution in [2.24, 2.45) is 0 Å². The highest BCUT2D eigenvalue weighted by Crippen LogP contribution is 2.35. The van der Waals surface area contributed by atoms with Crippen molar-refractivity contribution in [1.29, 1.82) is 0 Å². The Labute approximate surface area is 118 Å². The summed E-state index contributed by atoms with van der Waals surface area (Å²) >= 11 is 0. The van der Waals surface area contributed by atoms with Gasteiger partial charge in [-0.15, -0.1) is 0 Å². The Morgan fingerprint density at radius 1 is 1.25 bits per heavy atom. The minimum atomic E-state index is -1.08. The molecule has 0 aliphatic carbocycles. The van der Waals surface area contributed by atoms with Crippen molar-refractivity contribution in [3.05, 3.63) is 35.4 Å². The molecule has 4 heteroatoms. The van der Waals surface area contributed by atoms with E-state index in [0.717, 1.165) is 18.5 Å². The second-order valence-corrected chi connectivity index (χ2v) is 5.44. The number of esters is 1. The van der Waals surface area contributed by atoms with E-state index in [2.05, 4.69) is 6.07 Å². The zero-order valence-corrected chi connectivity index (χ0v) is 11.7. The van der Waals surface area contributed by atoms with Gasteiger partial charge in [0.1, 0.15) is 0 Å². The molecule has 1 fully saturated rings. The van der Waals surface area contributed by atoms with E-state index >= 15 is 0 Å². The molecule has 1 atom stereocenters. The second kappa shape index (κ2) is 5.02. The molecule has 0 radical (unpaired) electrons. The lowest BCUT2D eigenvalue weighted by Gasteiger charge is -2.33. The van der Waals surface area contributed by atoms with Crippen molar-refractivity contribution in [1.82, 2.24) is 4.90 Å². The van der Waals surface area contributed by atoms with Gasteiger partial charge in [-0.25, -0.2) is 4.79 Å². The zero-order chi connectivity index (χ0) is 14.2. The predicted octanol–water partition coefficient (Wildman–Crippen LogP) is 1.36. The van der Waals surface area contributed by atoms with Gasteiger partial charge in [0.05, 0.1) is 6.61 Å². The van der Waals surface area contributed by atoms with Gasteiger partial charge in [-0.1, -0.05) is 24.3 Å². The number of fused-ring (bicyclic) bond motifs is 2. The van der Waals surface area contributed by atoms with Gasteiger partial charge in [0.25, 0.3) is 0 Å². The number of Topliss-reactive ketones (excluding diaryl/α,β-unsaturated/α-hetero) is 1. The topological polar surface area (TPSA) is 46.6 Å². The highest BCUT2D eigenvalue weighted by molar-refractivity contribution is 6.10. The maximum atomic E-state index is 12.5. The second-order valence-electron chi connectivity index (χ2n) is 5.44. The average Bonchev–Trinajstić information content (AvgIpc) is 2.67. The van der Waals surface area contributed by atoms with E-state index in [1.165, 1.54) is 5.56 Å². The van der Waals surface area contributed by atoms with Crippen LogP contribution in [0.25, 0.3) is 0 Å². The number of rotatable bonds is 2. The largest absolute Gasteiger partial charge is 0.464 e. The molecule has 1 aromatic carbocycles. The first kappa shape index (κ1) is 13.3. The number of hydrogen-bond acceptors (Lipinski definition) is 4. The van der Waals surface area contributed by atoms with Gasteiger partial charge in [-0.2, -0.15) is 0 Å². The number of nitrogens with zero attached hydrogens (tertiary/aromatic N) is 1. The molecule has 1 aromatic rings. The van der Waals surface area contributed by atoms with Crippen LogP contribution in [0.4, 0.5) is 0 Å². The van der Waals surface area contributed by atoms with E-state index in [4.69, 9.17) is 4.74 Å². The lowest BCUT2D eigenvalue weighted by Crippen LogP contribution is -2.57. The molecule has 1 saturated heterocycles. The molecule has 0 saturated carbocycles. The molecule has 2 aliphatic heterocycles. The van der Waals surface area contributed by atoms with Gasteiger partial charge >= 0.3 is 5.97 Å². The summed E-state index contributed by atoms with van der Waals surface area (Å²) in [4.78, 5) is 27.0. The van der Waals surface area contributed by atoms with Crippen molar-refractivity contribution in [3.8, 4) is 0 Å². The van der Waals surface area contributed by atoms with Crippen LogP contribution in [0.5, 0.6) is 0 Å². The van der Waals surface area contributed by atoms with Gasteiger partial charge in [-0.3, -0.25) is 9.69 Å². The van der Waals surface area contributed by atoms with E-state index < -0.39 is 5.54 Å². The quantitative estimate of drug-likeness (QED) is 0.603. The Morgan fingerprint density at radius 2 is 1.95 bits per heavy atom. The number of carbonyl (C=O) groups is 2. The Balaban J connectivity index is 2.06. The summed E-state index contributed by atoms with van der Waals surface area (Å²) in [5.74, 6) is -0.369. The fourth-order valence-corrected chi connectivity index (χ4v) is 3.39. The smallest absolute Gasteiger partial charge is 0.334 e. The molecule has 2 heterocycles. The first-order valence-corrected chi connectivity index (χ1v) is 7.21. The fourth-order valence-electron chi connectivity index (χ4n) is 3.39. The molecule has 0 bridgehead atoms. The molecule has 20 heavy (non-hydrogen) atoms. The van der Waals surface area contributed by atoms with Crippen LogP contribution in [-0.2, 0) is 27.2 Å². The van der Waals surface area contributed by atoms with E-state index in [1.54, 1.807) is 6.92 Å². The third-order valence-corrected chi connectivity index (χ3v) is 4.44. The molecular formula is C16H19NO3. The Morgan fingerprint density at radius 3 is 2.70 bits per heavy atom. The fraction of sp³-hybridized carbons (Fsp3) is 0.500. The first-order chi connectivity index (χ1) is 9.68. The number of hydrogen-bond donors (Lipinski definition) is 0. The molecule has 0 spiro atoms. The van der Waals surface area contributed by atoms with Gasteiger partial charge in [0, 0.05) is 25.9 Å². The summed E-state index contributed by atoms with van der Waals surface area (Å²) in [5.41, 5.74) is 1.25. The van der Waals surface area contributed by atoms with Crippen molar-refractivity contribution in [2.75, 3.05) is 19.7 Å². The molecule has 2 aliphatic rings. The van der Waals surface area contributed by atoms with Gasteiger partial charge < -0.3 is 4.74 Å². The summed E-state index contributed by atoms with van der Waals surface area (Å²) in [6, 6.07) is 8.08. The van der Waals surface area contributed by atoms with E-state index in [1.807, 2.05) is 23.1 Å². The molecule has 0 N–H and O–H groups in total. The van der Waals surface area contributed by atoms with Crippen LogP contribution in [-0.4, -0.2) is 41.9 Å². The highest BCUT2D eigenvalue weighted by atomic mass is 16.5.